The highest BCUT2D eigenvalue weighted by Gasteiger charge is 2.27. The van der Waals surface area contributed by atoms with Crippen LogP contribution in [0.15, 0.2) is 0 Å². The van der Waals surface area contributed by atoms with E-state index in [0.29, 0.717) is 25.4 Å². The Bertz CT molecular complexity index is 329. The van der Waals surface area contributed by atoms with Crippen LogP contribution < -0.4 is 16.4 Å². The van der Waals surface area contributed by atoms with Crippen LogP contribution in [0.5, 0.6) is 0 Å². The van der Waals surface area contributed by atoms with Crippen molar-refractivity contribution in [2.45, 2.75) is 63.5 Å². The lowest BCUT2D eigenvalue weighted by atomic mass is 9.84. The van der Waals surface area contributed by atoms with Gasteiger partial charge in [0.1, 0.15) is 0 Å². The molecule has 0 aromatic carbocycles. The summed E-state index contributed by atoms with van der Waals surface area (Å²) in [5.74, 6) is 0.134. The van der Waals surface area contributed by atoms with E-state index in [1.165, 1.54) is 0 Å². The SMILES string of the molecule is NC1CCCCC1C(=O)NCCCC(=O)NC1CC1. The third-order valence-corrected chi connectivity index (χ3v) is 3.98. The number of hydrogen-bond donors (Lipinski definition) is 3. The Kier molecular flexibility index (Phi) is 5.19. The van der Waals surface area contributed by atoms with E-state index in [4.69, 9.17) is 5.73 Å². The van der Waals surface area contributed by atoms with Gasteiger partial charge in [-0.1, -0.05) is 12.8 Å². The van der Waals surface area contributed by atoms with Gasteiger partial charge in [-0.2, -0.15) is 0 Å². The lowest BCUT2D eigenvalue weighted by Crippen LogP contribution is -2.44. The van der Waals surface area contributed by atoms with E-state index in [9.17, 15) is 9.59 Å². The third kappa shape index (κ3) is 4.82. The van der Waals surface area contributed by atoms with Crippen molar-refractivity contribution in [2.24, 2.45) is 11.7 Å². The molecule has 0 spiro atoms. The zero-order valence-corrected chi connectivity index (χ0v) is 11.5. The Morgan fingerprint density at radius 2 is 1.84 bits per heavy atom. The minimum atomic E-state index is -0.0333. The summed E-state index contributed by atoms with van der Waals surface area (Å²) in [4.78, 5) is 23.4. The van der Waals surface area contributed by atoms with E-state index in [1.54, 1.807) is 0 Å². The molecule has 2 aliphatic rings. The Balaban J connectivity index is 1.56. The molecule has 0 aromatic heterocycles. The van der Waals surface area contributed by atoms with Crippen molar-refractivity contribution in [1.29, 1.82) is 0 Å². The van der Waals surface area contributed by atoms with Gasteiger partial charge in [0.2, 0.25) is 11.8 Å². The van der Waals surface area contributed by atoms with Crippen molar-refractivity contribution < 1.29 is 9.59 Å². The fraction of sp³-hybridized carbons (Fsp3) is 0.857. The maximum atomic E-state index is 11.9. The van der Waals surface area contributed by atoms with Crippen LogP contribution in [0, 0.1) is 5.92 Å². The second kappa shape index (κ2) is 6.89. The molecule has 0 heterocycles. The average Bonchev–Trinajstić information content (AvgIpc) is 3.19. The van der Waals surface area contributed by atoms with Gasteiger partial charge in [-0.3, -0.25) is 9.59 Å². The molecule has 2 unspecified atom stereocenters. The average molecular weight is 267 g/mol. The Labute approximate surface area is 114 Å². The van der Waals surface area contributed by atoms with Crippen molar-refractivity contribution in [3.8, 4) is 0 Å². The molecule has 2 aliphatic carbocycles. The molecular formula is C14H25N3O2. The Hall–Kier alpha value is -1.10. The number of nitrogens with one attached hydrogen (secondary N) is 2. The molecule has 5 nitrogen and oxygen atoms in total. The first-order valence-corrected chi connectivity index (χ1v) is 7.49. The van der Waals surface area contributed by atoms with Gasteiger partial charge in [-0.05, 0) is 32.1 Å². The standard InChI is InChI=1S/C14H25N3O2/c15-12-5-2-1-4-11(12)14(19)16-9-3-6-13(18)17-10-7-8-10/h10-12H,1-9,15H2,(H,16,19)(H,17,18). The zero-order valence-electron chi connectivity index (χ0n) is 11.5. The van der Waals surface area contributed by atoms with Crippen molar-refractivity contribution in [3.63, 3.8) is 0 Å². The quantitative estimate of drug-likeness (QED) is 0.619. The minimum Gasteiger partial charge on any atom is -0.356 e. The predicted octanol–water partition coefficient (Wildman–Crippen LogP) is 0.679. The highest BCUT2D eigenvalue weighted by atomic mass is 16.2. The monoisotopic (exact) mass is 267 g/mol. The molecule has 2 rings (SSSR count). The Morgan fingerprint density at radius 3 is 2.53 bits per heavy atom. The van der Waals surface area contributed by atoms with Crippen molar-refractivity contribution in [2.75, 3.05) is 6.54 Å². The summed E-state index contributed by atoms with van der Waals surface area (Å²) in [5, 5.41) is 5.85. The fourth-order valence-corrected chi connectivity index (χ4v) is 2.60. The van der Waals surface area contributed by atoms with E-state index in [1.807, 2.05) is 0 Å². The summed E-state index contributed by atoms with van der Waals surface area (Å²) in [6.07, 6.45) is 7.49. The smallest absolute Gasteiger partial charge is 0.224 e. The highest BCUT2D eigenvalue weighted by Crippen LogP contribution is 2.23. The van der Waals surface area contributed by atoms with Crippen LogP contribution in [0.3, 0.4) is 0 Å². The molecule has 0 radical (unpaired) electrons. The highest BCUT2D eigenvalue weighted by molar-refractivity contribution is 5.79. The van der Waals surface area contributed by atoms with Gasteiger partial charge >= 0.3 is 0 Å². The van der Waals surface area contributed by atoms with E-state index in [0.717, 1.165) is 38.5 Å². The second-order valence-electron chi connectivity index (χ2n) is 5.79. The zero-order chi connectivity index (χ0) is 13.7. The van der Waals surface area contributed by atoms with Gasteiger partial charge in [0.25, 0.3) is 0 Å². The van der Waals surface area contributed by atoms with Crippen LogP contribution in [0.2, 0.25) is 0 Å². The topological polar surface area (TPSA) is 84.2 Å². The molecule has 19 heavy (non-hydrogen) atoms. The summed E-state index contributed by atoms with van der Waals surface area (Å²) in [6, 6.07) is 0.425. The predicted molar refractivity (Wildman–Crippen MR) is 73.3 cm³/mol. The lowest BCUT2D eigenvalue weighted by Gasteiger charge is -2.27. The van der Waals surface area contributed by atoms with Gasteiger partial charge < -0.3 is 16.4 Å². The summed E-state index contributed by atoms with van der Waals surface area (Å²) >= 11 is 0. The molecule has 2 saturated carbocycles. The third-order valence-electron chi connectivity index (χ3n) is 3.98. The molecule has 5 heteroatoms. The van der Waals surface area contributed by atoms with Crippen LogP contribution in [-0.2, 0) is 9.59 Å². The Morgan fingerprint density at radius 1 is 1.11 bits per heavy atom. The van der Waals surface area contributed by atoms with Crippen molar-refractivity contribution >= 4 is 11.8 Å². The molecule has 2 atom stereocenters. The number of rotatable bonds is 6. The van der Waals surface area contributed by atoms with Crippen molar-refractivity contribution in [3.05, 3.63) is 0 Å². The lowest BCUT2D eigenvalue weighted by molar-refractivity contribution is -0.127. The molecule has 0 saturated heterocycles. The molecule has 2 amide bonds. The second-order valence-corrected chi connectivity index (χ2v) is 5.79. The van der Waals surface area contributed by atoms with Crippen LogP contribution in [0.25, 0.3) is 0 Å². The molecule has 0 aliphatic heterocycles. The summed E-state index contributed by atoms with van der Waals surface area (Å²) in [5.41, 5.74) is 5.97. The molecule has 108 valence electrons. The van der Waals surface area contributed by atoms with Gasteiger partial charge in [0.15, 0.2) is 0 Å². The maximum Gasteiger partial charge on any atom is 0.224 e. The number of carbonyl (C=O) groups is 2. The minimum absolute atomic E-state index is 0.00640. The van der Waals surface area contributed by atoms with E-state index < -0.39 is 0 Å². The number of hydrogen-bond acceptors (Lipinski definition) is 3. The van der Waals surface area contributed by atoms with Crippen LogP contribution in [0.4, 0.5) is 0 Å². The molecule has 0 aromatic rings. The van der Waals surface area contributed by atoms with Crippen LogP contribution >= 0.6 is 0 Å². The van der Waals surface area contributed by atoms with E-state index in [2.05, 4.69) is 10.6 Å². The first-order valence-electron chi connectivity index (χ1n) is 7.49. The van der Waals surface area contributed by atoms with E-state index >= 15 is 0 Å². The first kappa shape index (κ1) is 14.3. The largest absolute Gasteiger partial charge is 0.356 e. The number of nitrogens with two attached hydrogens (primary N) is 1. The van der Waals surface area contributed by atoms with Gasteiger partial charge in [-0.25, -0.2) is 0 Å². The summed E-state index contributed by atoms with van der Waals surface area (Å²) < 4.78 is 0. The maximum absolute atomic E-state index is 11.9. The number of carbonyl (C=O) groups excluding carboxylic acids is 2. The fourth-order valence-electron chi connectivity index (χ4n) is 2.60. The normalized spacial score (nSPS) is 26.8. The van der Waals surface area contributed by atoms with Crippen LogP contribution in [0.1, 0.15) is 51.4 Å². The van der Waals surface area contributed by atoms with Gasteiger partial charge in [0, 0.05) is 25.0 Å². The van der Waals surface area contributed by atoms with Crippen LogP contribution in [-0.4, -0.2) is 30.4 Å². The first-order chi connectivity index (χ1) is 9.16. The number of amides is 2. The van der Waals surface area contributed by atoms with E-state index in [-0.39, 0.29) is 23.8 Å². The van der Waals surface area contributed by atoms with Gasteiger partial charge in [0.05, 0.1) is 5.92 Å². The molecular weight excluding hydrogens is 242 g/mol. The molecule has 2 fully saturated rings. The molecule has 4 N–H and O–H groups in total. The van der Waals surface area contributed by atoms with Gasteiger partial charge in [-0.15, -0.1) is 0 Å². The summed E-state index contributed by atoms with van der Waals surface area (Å²) in [7, 11) is 0. The summed E-state index contributed by atoms with van der Waals surface area (Å²) in [6.45, 7) is 0.570. The molecule has 0 bridgehead atoms. The van der Waals surface area contributed by atoms with Crippen molar-refractivity contribution in [1.82, 2.24) is 10.6 Å².